The van der Waals surface area contributed by atoms with E-state index in [0.717, 1.165) is 53.7 Å². The first-order chi connectivity index (χ1) is 16.0. The maximum Gasteiger partial charge on any atom is 0.321 e. The minimum Gasteiger partial charge on any atom is -0.446 e. The van der Waals surface area contributed by atoms with E-state index in [1.165, 1.54) is 17.8 Å². The summed E-state index contributed by atoms with van der Waals surface area (Å²) >= 11 is 1.39. The summed E-state index contributed by atoms with van der Waals surface area (Å²) in [7, 11) is 0. The topological polar surface area (TPSA) is 130 Å². The fourth-order valence-corrected chi connectivity index (χ4v) is 4.57. The van der Waals surface area contributed by atoms with E-state index < -0.39 is 0 Å². The Labute approximate surface area is 197 Å². The van der Waals surface area contributed by atoms with Crippen molar-refractivity contribution in [1.29, 1.82) is 0 Å². The van der Waals surface area contributed by atoms with Crippen LogP contribution in [0.25, 0.3) is 10.6 Å². The highest BCUT2D eigenvalue weighted by atomic mass is 32.1. The molecule has 1 saturated heterocycles. The van der Waals surface area contributed by atoms with Gasteiger partial charge in [-0.3, -0.25) is 5.32 Å². The summed E-state index contributed by atoms with van der Waals surface area (Å²) in [5, 5.41) is 12.9. The molecule has 0 spiro atoms. The molecule has 4 rings (SSSR count). The number of carbonyl (C=O) groups excluding carboxylic acids is 1. The zero-order valence-electron chi connectivity index (χ0n) is 19.2. The zero-order chi connectivity index (χ0) is 23.2. The van der Waals surface area contributed by atoms with Gasteiger partial charge in [0.2, 0.25) is 5.95 Å². The van der Waals surface area contributed by atoms with E-state index in [4.69, 9.17) is 4.42 Å². The third-order valence-electron chi connectivity index (χ3n) is 5.35. The van der Waals surface area contributed by atoms with Gasteiger partial charge < -0.3 is 20.4 Å². The Morgan fingerprint density at radius 2 is 2.18 bits per heavy atom. The van der Waals surface area contributed by atoms with Gasteiger partial charge in [0, 0.05) is 37.7 Å². The van der Waals surface area contributed by atoms with Crippen LogP contribution in [-0.4, -0.2) is 51.6 Å². The number of aromatic nitrogens is 4. The minimum absolute atomic E-state index is 0.317. The first-order valence-electron chi connectivity index (χ1n) is 11.3. The Hall–Kier alpha value is -3.05. The molecule has 0 saturated carbocycles. The summed E-state index contributed by atoms with van der Waals surface area (Å²) < 4.78 is 5.55. The minimum atomic E-state index is -0.317. The number of aryl methyl sites for hydroxylation is 3. The predicted octanol–water partition coefficient (Wildman–Crippen LogP) is 3.30. The molecule has 3 aromatic rings. The van der Waals surface area contributed by atoms with E-state index in [-0.39, 0.29) is 6.03 Å². The quantitative estimate of drug-likeness (QED) is 0.375. The van der Waals surface area contributed by atoms with Gasteiger partial charge in [0.25, 0.3) is 0 Å². The Balaban J connectivity index is 1.34. The molecule has 0 aromatic carbocycles. The van der Waals surface area contributed by atoms with Crippen LogP contribution in [0.2, 0.25) is 0 Å². The van der Waals surface area contributed by atoms with Crippen molar-refractivity contribution in [2.24, 2.45) is 0 Å². The molecule has 1 unspecified atom stereocenters. The molecule has 0 aliphatic carbocycles. The molecule has 0 radical (unpaired) electrons. The van der Waals surface area contributed by atoms with Crippen LogP contribution >= 0.6 is 11.3 Å². The van der Waals surface area contributed by atoms with Gasteiger partial charge in [0.05, 0.1) is 22.5 Å². The lowest BCUT2D eigenvalue weighted by Crippen LogP contribution is -2.30. The number of nitrogens with zero attached hydrogens (tertiary/aromatic N) is 4. The van der Waals surface area contributed by atoms with Crippen molar-refractivity contribution in [3.63, 3.8) is 0 Å². The van der Waals surface area contributed by atoms with Crippen molar-refractivity contribution in [1.82, 2.24) is 30.6 Å². The Morgan fingerprint density at radius 3 is 2.94 bits per heavy atom. The lowest BCUT2D eigenvalue weighted by atomic mass is 10.2. The molecule has 33 heavy (non-hydrogen) atoms. The van der Waals surface area contributed by atoms with Crippen LogP contribution in [0.15, 0.2) is 16.7 Å². The summed E-state index contributed by atoms with van der Waals surface area (Å²) in [6.07, 6.45) is 5.41. The van der Waals surface area contributed by atoms with Crippen molar-refractivity contribution < 1.29 is 9.21 Å². The standard InChI is InChI=1S/C22H30N8O2S/c1-4-16-12-25-18(32-16)7-9-24-21(31)30-22-28-14(3)19(33-22)17-10-13(2)27-20(29-17)26-11-15-6-5-8-23-15/h10,12,15,23H,4-9,11H2,1-3H3,(H,26,27,29)(H2,24,28,30,31). The van der Waals surface area contributed by atoms with Gasteiger partial charge in [0.1, 0.15) is 5.76 Å². The summed E-state index contributed by atoms with van der Waals surface area (Å²) in [6.45, 7) is 8.15. The van der Waals surface area contributed by atoms with E-state index in [9.17, 15) is 4.79 Å². The van der Waals surface area contributed by atoms with Crippen LogP contribution in [0, 0.1) is 13.8 Å². The Morgan fingerprint density at radius 1 is 1.30 bits per heavy atom. The number of carbonyl (C=O) groups is 1. The van der Waals surface area contributed by atoms with Gasteiger partial charge in [-0.1, -0.05) is 18.3 Å². The molecule has 1 atom stereocenters. The number of amides is 2. The fourth-order valence-electron chi connectivity index (χ4n) is 3.65. The number of rotatable bonds is 9. The highest BCUT2D eigenvalue weighted by Crippen LogP contribution is 2.32. The van der Waals surface area contributed by atoms with Crippen molar-refractivity contribution in [3.05, 3.63) is 35.3 Å². The molecule has 0 bridgehead atoms. The van der Waals surface area contributed by atoms with Gasteiger partial charge in [-0.2, -0.15) is 0 Å². The summed E-state index contributed by atoms with van der Waals surface area (Å²) in [4.78, 5) is 31.1. The van der Waals surface area contributed by atoms with Crippen LogP contribution in [0.1, 0.15) is 42.8 Å². The molecular formula is C22H30N8O2S. The van der Waals surface area contributed by atoms with E-state index in [0.29, 0.717) is 36.0 Å². The SMILES string of the molecule is CCc1cnc(CCNC(=O)Nc2nc(C)c(-c3cc(C)nc(NCC4CCCN4)n3)s2)o1. The number of thiazole rings is 1. The van der Waals surface area contributed by atoms with Crippen molar-refractivity contribution in [2.45, 2.75) is 52.5 Å². The number of hydrogen-bond donors (Lipinski definition) is 4. The third-order valence-corrected chi connectivity index (χ3v) is 6.44. The normalized spacial score (nSPS) is 15.5. The van der Waals surface area contributed by atoms with Gasteiger partial charge in [0.15, 0.2) is 11.0 Å². The highest BCUT2D eigenvalue weighted by molar-refractivity contribution is 7.19. The van der Waals surface area contributed by atoms with E-state index in [2.05, 4.69) is 41.2 Å². The van der Waals surface area contributed by atoms with E-state index in [1.807, 2.05) is 26.8 Å². The van der Waals surface area contributed by atoms with Crippen molar-refractivity contribution in [3.8, 4) is 10.6 Å². The molecule has 4 heterocycles. The van der Waals surface area contributed by atoms with Crippen LogP contribution in [-0.2, 0) is 12.8 Å². The number of urea groups is 1. The molecule has 1 aliphatic rings. The molecule has 2 amide bonds. The van der Waals surface area contributed by atoms with Gasteiger partial charge >= 0.3 is 6.03 Å². The van der Waals surface area contributed by atoms with E-state index in [1.54, 1.807) is 6.20 Å². The molecular weight excluding hydrogens is 440 g/mol. The van der Waals surface area contributed by atoms with Crippen LogP contribution in [0.5, 0.6) is 0 Å². The lowest BCUT2D eigenvalue weighted by Gasteiger charge is -2.12. The molecule has 3 aromatic heterocycles. The van der Waals surface area contributed by atoms with Crippen molar-refractivity contribution >= 4 is 28.4 Å². The third kappa shape index (κ3) is 6.26. The number of nitrogens with one attached hydrogen (secondary N) is 4. The zero-order valence-corrected chi connectivity index (χ0v) is 20.0. The summed E-state index contributed by atoms with van der Waals surface area (Å²) in [6, 6.07) is 2.07. The monoisotopic (exact) mass is 470 g/mol. The maximum atomic E-state index is 12.3. The highest BCUT2D eigenvalue weighted by Gasteiger charge is 2.17. The lowest BCUT2D eigenvalue weighted by molar-refractivity contribution is 0.252. The number of anilines is 2. The average Bonchev–Trinajstić information content (AvgIpc) is 3.53. The smallest absolute Gasteiger partial charge is 0.321 e. The van der Waals surface area contributed by atoms with Gasteiger partial charge in [-0.25, -0.2) is 24.7 Å². The Kier molecular flexibility index (Phi) is 7.50. The van der Waals surface area contributed by atoms with Crippen molar-refractivity contribution in [2.75, 3.05) is 30.3 Å². The Bertz CT molecular complexity index is 1090. The second kappa shape index (κ2) is 10.7. The second-order valence-electron chi connectivity index (χ2n) is 8.03. The van der Waals surface area contributed by atoms with Crippen LogP contribution < -0.4 is 21.3 Å². The first-order valence-corrected chi connectivity index (χ1v) is 12.1. The second-order valence-corrected chi connectivity index (χ2v) is 9.03. The maximum absolute atomic E-state index is 12.3. The number of oxazole rings is 1. The molecule has 1 aliphatic heterocycles. The first kappa shape index (κ1) is 23.1. The fraction of sp³-hybridized carbons (Fsp3) is 0.500. The van der Waals surface area contributed by atoms with Crippen LogP contribution in [0.4, 0.5) is 15.9 Å². The largest absolute Gasteiger partial charge is 0.446 e. The number of hydrogen-bond acceptors (Lipinski definition) is 9. The average molecular weight is 471 g/mol. The van der Waals surface area contributed by atoms with Crippen LogP contribution in [0.3, 0.4) is 0 Å². The van der Waals surface area contributed by atoms with Gasteiger partial charge in [-0.15, -0.1) is 0 Å². The molecule has 176 valence electrons. The molecule has 10 nitrogen and oxygen atoms in total. The molecule has 1 fully saturated rings. The van der Waals surface area contributed by atoms with Gasteiger partial charge in [-0.05, 0) is 39.3 Å². The molecule has 11 heteroatoms. The molecule has 4 N–H and O–H groups in total. The van der Waals surface area contributed by atoms with E-state index >= 15 is 0 Å². The summed E-state index contributed by atoms with van der Waals surface area (Å²) in [5.41, 5.74) is 2.48. The summed E-state index contributed by atoms with van der Waals surface area (Å²) in [5.74, 6) is 2.07. The predicted molar refractivity (Wildman–Crippen MR) is 129 cm³/mol.